The molecule has 0 radical (unpaired) electrons. The number of benzene rings is 2. The summed E-state index contributed by atoms with van der Waals surface area (Å²) in [4.78, 5) is 0. The fourth-order valence-electron chi connectivity index (χ4n) is 2.34. The third-order valence-corrected chi connectivity index (χ3v) is 3.41. The summed E-state index contributed by atoms with van der Waals surface area (Å²) in [6, 6.07) is 13.0. The maximum absolute atomic E-state index is 13.3. The minimum atomic E-state index is -0.215. The second-order valence-electron chi connectivity index (χ2n) is 4.91. The summed E-state index contributed by atoms with van der Waals surface area (Å²) in [6.45, 7) is 4.03. The Bertz CT molecular complexity index is 641. The summed E-state index contributed by atoms with van der Waals surface area (Å²) in [5.41, 5.74) is 4.15. The second kappa shape index (κ2) is 4.54. The lowest BCUT2D eigenvalue weighted by molar-refractivity contribution is 0.186. The molecule has 0 aromatic heterocycles. The third-order valence-electron chi connectivity index (χ3n) is 3.41. The highest BCUT2D eigenvalue weighted by Gasteiger charge is 2.19. The van der Waals surface area contributed by atoms with E-state index in [1.807, 2.05) is 44.2 Å². The van der Waals surface area contributed by atoms with Gasteiger partial charge in [0.2, 0.25) is 0 Å². The zero-order chi connectivity index (χ0) is 13.4. The topological polar surface area (TPSA) is 9.23 Å². The van der Waals surface area contributed by atoms with E-state index in [1.165, 1.54) is 11.6 Å². The Morgan fingerprint density at radius 1 is 1.05 bits per heavy atom. The molecule has 1 heterocycles. The van der Waals surface area contributed by atoms with Crippen LogP contribution in [0.4, 0.5) is 4.39 Å². The van der Waals surface area contributed by atoms with E-state index >= 15 is 0 Å². The summed E-state index contributed by atoms with van der Waals surface area (Å²) in [7, 11) is 0. The predicted molar refractivity (Wildman–Crippen MR) is 75.0 cm³/mol. The fraction of sp³-hybridized carbons (Fsp3) is 0.176. The summed E-state index contributed by atoms with van der Waals surface area (Å²) >= 11 is 0. The monoisotopic (exact) mass is 254 g/mol. The van der Waals surface area contributed by atoms with E-state index in [1.54, 1.807) is 12.1 Å². The van der Waals surface area contributed by atoms with Crippen LogP contribution in [0, 0.1) is 12.7 Å². The van der Waals surface area contributed by atoms with Crippen molar-refractivity contribution in [2.45, 2.75) is 20.0 Å². The van der Waals surface area contributed by atoms with Crippen LogP contribution >= 0.6 is 0 Å². The zero-order valence-electron chi connectivity index (χ0n) is 11.0. The van der Waals surface area contributed by atoms with Crippen molar-refractivity contribution in [3.8, 4) is 0 Å². The molecule has 0 bridgehead atoms. The van der Waals surface area contributed by atoms with Crippen LogP contribution in [0.5, 0.6) is 0 Å². The van der Waals surface area contributed by atoms with Crippen molar-refractivity contribution in [1.82, 2.24) is 0 Å². The molecule has 1 nitrogen and oxygen atoms in total. The second-order valence-corrected chi connectivity index (χ2v) is 4.91. The standard InChI is InChI=1S/C17H15FO/c1-11-3-5-13(6-4-11)17-10-14-9-15(18)7-8-16(14)12(2)19-17/h3-10,12H,1-2H3/t12-/m1/s1. The maximum Gasteiger partial charge on any atom is 0.128 e. The number of ether oxygens (including phenoxy) is 1. The summed E-state index contributed by atoms with van der Waals surface area (Å²) < 4.78 is 19.3. The molecule has 0 N–H and O–H groups in total. The van der Waals surface area contributed by atoms with Crippen LogP contribution in [-0.2, 0) is 4.74 Å². The van der Waals surface area contributed by atoms with Crippen LogP contribution in [0.2, 0.25) is 0 Å². The molecule has 2 aromatic carbocycles. The van der Waals surface area contributed by atoms with Gasteiger partial charge in [0.1, 0.15) is 17.7 Å². The van der Waals surface area contributed by atoms with Gasteiger partial charge < -0.3 is 4.74 Å². The van der Waals surface area contributed by atoms with Crippen molar-refractivity contribution in [2.75, 3.05) is 0 Å². The molecular formula is C17H15FO. The van der Waals surface area contributed by atoms with Gasteiger partial charge >= 0.3 is 0 Å². The van der Waals surface area contributed by atoms with Gasteiger partial charge in [-0.3, -0.25) is 0 Å². The van der Waals surface area contributed by atoms with E-state index in [0.29, 0.717) is 0 Å². The number of hydrogen-bond acceptors (Lipinski definition) is 1. The van der Waals surface area contributed by atoms with Crippen molar-refractivity contribution in [2.24, 2.45) is 0 Å². The quantitative estimate of drug-likeness (QED) is 0.715. The average Bonchev–Trinajstić information content (AvgIpc) is 2.38. The van der Waals surface area contributed by atoms with E-state index in [9.17, 15) is 4.39 Å². The van der Waals surface area contributed by atoms with Crippen molar-refractivity contribution >= 4 is 11.8 Å². The van der Waals surface area contributed by atoms with E-state index in [2.05, 4.69) is 0 Å². The zero-order valence-corrected chi connectivity index (χ0v) is 11.0. The molecule has 3 rings (SSSR count). The fourth-order valence-corrected chi connectivity index (χ4v) is 2.34. The first-order valence-corrected chi connectivity index (χ1v) is 6.38. The molecule has 1 aliphatic rings. The van der Waals surface area contributed by atoms with Crippen LogP contribution in [-0.4, -0.2) is 0 Å². The lowest BCUT2D eigenvalue weighted by Gasteiger charge is -2.24. The molecule has 1 aliphatic heterocycles. The van der Waals surface area contributed by atoms with Gasteiger partial charge in [0.15, 0.2) is 0 Å². The number of fused-ring (bicyclic) bond motifs is 1. The molecule has 19 heavy (non-hydrogen) atoms. The van der Waals surface area contributed by atoms with Gasteiger partial charge in [-0.15, -0.1) is 0 Å². The van der Waals surface area contributed by atoms with Crippen molar-refractivity contribution < 1.29 is 9.13 Å². The lowest BCUT2D eigenvalue weighted by atomic mass is 9.98. The Balaban J connectivity index is 2.07. The van der Waals surface area contributed by atoms with Gasteiger partial charge in [0.25, 0.3) is 0 Å². The van der Waals surface area contributed by atoms with E-state index in [0.717, 1.165) is 22.4 Å². The highest BCUT2D eigenvalue weighted by atomic mass is 19.1. The molecule has 96 valence electrons. The van der Waals surface area contributed by atoms with Gasteiger partial charge in [-0.2, -0.15) is 0 Å². The smallest absolute Gasteiger partial charge is 0.128 e. The van der Waals surface area contributed by atoms with Gasteiger partial charge in [-0.1, -0.05) is 35.9 Å². The molecule has 0 amide bonds. The highest BCUT2D eigenvalue weighted by molar-refractivity contribution is 5.80. The number of halogens is 1. The number of rotatable bonds is 1. The van der Waals surface area contributed by atoms with Crippen LogP contribution in [0.15, 0.2) is 42.5 Å². The molecular weight excluding hydrogens is 239 g/mol. The van der Waals surface area contributed by atoms with Crippen molar-refractivity contribution in [1.29, 1.82) is 0 Å². The Hall–Kier alpha value is -2.09. The molecule has 0 fully saturated rings. The van der Waals surface area contributed by atoms with Crippen LogP contribution in [0.25, 0.3) is 11.8 Å². The molecule has 1 atom stereocenters. The van der Waals surface area contributed by atoms with Gasteiger partial charge in [-0.25, -0.2) is 4.39 Å². The predicted octanol–water partition coefficient (Wildman–Crippen LogP) is 4.72. The van der Waals surface area contributed by atoms with Crippen LogP contribution < -0.4 is 0 Å². The summed E-state index contributed by atoms with van der Waals surface area (Å²) in [6.07, 6.45) is 1.85. The first kappa shape index (κ1) is 12.0. The Morgan fingerprint density at radius 3 is 2.53 bits per heavy atom. The van der Waals surface area contributed by atoms with E-state index < -0.39 is 0 Å². The van der Waals surface area contributed by atoms with Crippen LogP contribution in [0.1, 0.15) is 35.3 Å². The molecule has 0 saturated carbocycles. The molecule has 2 aromatic rings. The number of hydrogen-bond donors (Lipinski definition) is 0. The first-order valence-electron chi connectivity index (χ1n) is 6.38. The van der Waals surface area contributed by atoms with Crippen LogP contribution in [0.3, 0.4) is 0 Å². The molecule has 0 saturated heterocycles. The molecule has 0 unspecified atom stereocenters. The van der Waals surface area contributed by atoms with Gasteiger partial charge in [0, 0.05) is 5.56 Å². The molecule has 0 aliphatic carbocycles. The first-order chi connectivity index (χ1) is 9.13. The lowest BCUT2D eigenvalue weighted by Crippen LogP contribution is -2.07. The normalized spacial score (nSPS) is 17.4. The minimum Gasteiger partial charge on any atom is -0.485 e. The van der Waals surface area contributed by atoms with Crippen molar-refractivity contribution in [3.63, 3.8) is 0 Å². The molecule has 0 spiro atoms. The van der Waals surface area contributed by atoms with Gasteiger partial charge in [0.05, 0.1) is 0 Å². The highest BCUT2D eigenvalue weighted by Crippen LogP contribution is 2.35. The average molecular weight is 254 g/mol. The largest absolute Gasteiger partial charge is 0.485 e. The maximum atomic E-state index is 13.3. The Morgan fingerprint density at radius 2 is 1.79 bits per heavy atom. The SMILES string of the molecule is Cc1ccc(C2=Cc3cc(F)ccc3[C@@H](C)O2)cc1. The third kappa shape index (κ3) is 2.26. The molecule has 2 heteroatoms. The van der Waals surface area contributed by atoms with Crippen molar-refractivity contribution in [3.05, 3.63) is 70.5 Å². The number of aryl methyl sites for hydroxylation is 1. The Kier molecular flexibility index (Phi) is 2.86. The summed E-state index contributed by atoms with van der Waals surface area (Å²) in [5.74, 6) is 0.581. The van der Waals surface area contributed by atoms with E-state index in [4.69, 9.17) is 4.74 Å². The summed E-state index contributed by atoms with van der Waals surface area (Å²) in [5, 5.41) is 0. The minimum absolute atomic E-state index is 0.0584. The van der Waals surface area contributed by atoms with E-state index in [-0.39, 0.29) is 11.9 Å². The van der Waals surface area contributed by atoms with Gasteiger partial charge in [-0.05, 0) is 43.2 Å². The Labute approximate surface area is 112 Å².